The molecule has 2 aliphatic rings. The SMILES string of the molecule is N#Cc1cc(-c2ccccc2)nc(N2c3ccccc3B3c4ccccc4N(c4ccccc4)c4cccc2c43)n1. The Bertz CT molecular complexity index is 1980. The van der Waals surface area contributed by atoms with Crippen molar-refractivity contribution >= 4 is 57.5 Å². The van der Waals surface area contributed by atoms with Crippen LogP contribution in [0, 0.1) is 11.3 Å². The van der Waals surface area contributed by atoms with E-state index in [1.807, 2.05) is 36.4 Å². The average molecular weight is 523 g/mol. The molecule has 2 aliphatic heterocycles. The topological polar surface area (TPSA) is 56.1 Å². The molecule has 6 heteroatoms. The maximum atomic E-state index is 9.96. The van der Waals surface area contributed by atoms with Gasteiger partial charge in [-0.2, -0.15) is 5.26 Å². The van der Waals surface area contributed by atoms with Gasteiger partial charge in [0.25, 0.3) is 6.71 Å². The van der Waals surface area contributed by atoms with Crippen molar-refractivity contribution in [1.29, 1.82) is 5.26 Å². The summed E-state index contributed by atoms with van der Waals surface area (Å²) in [5.74, 6) is 0.479. The normalized spacial score (nSPS) is 12.7. The van der Waals surface area contributed by atoms with Crippen molar-refractivity contribution < 1.29 is 0 Å². The van der Waals surface area contributed by atoms with E-state index in [-0.39, 0.29) is 6.71 Å². The Morgan fingerprint density at radius 2 is 1.12 bits per heavy atom. The molecule has 0 bridgehead atoms. The van der Waals surface area contributed by atoms with Crippen LogP contribution in [0.25, 0.3) is 11.3 Å². The number of aromatic nitrogens is 2. The fourth-order valence-corrected chi connectivity index (χ4v) is 6.25. The number of fused-ring (bicyclic) bond motifs is 4. The lowest BCUT2D eigenvalue weighted by Gasteiger charge is -2.43. The summed E-state index contributed by atoms with van der Waals surface area (Å²) in [7, 11) is 0. The summed E-state index contributed by atoms with van der Waals surface area (Å²) in [6.45, 7) is 0.0394. The summed E-state index contributed by atoms with van der Waals surface area (Å²) >= 11 is 0. The summed E-state index contributed by atoms with van der Waals surface area (Å²) in [4.78, 5) is 14.3. The second-order valence-corrected chi connectivity index (χ2v) is 10.2. The van der Waals surface area contributed by atoms with Crippen LogP contribution < -0.4 is 26.2 Å². The molecular formula is C35H22BN5. The van der Waals surface area contributed by atoms with Crippen LogP contribution in [0.15, 0.2) is 133 Å². The van der Waals surface area contributed by atoms with Gasteiger partial charge in [0.1, 0.15) is 11.8 Å². The quantitative estimate of drug-likeness (QED) is 0.262. The van der Waals surface area contributed by atoms with Crippen LogP contribution >= 0.6 is 0 Å². The van der Waals surface area contributed by atoms with Crippen LogP contribution in [0.4, 0.5) is 34.4 Å². The molecule has 41 heavy (non-hydrogen) atoms. The van der Waals surface area contributed by atoms with Gasteiger partial charge in [-0.3, -0.25) is 4.90 Å². The number of para-hydroxylation sites is 3. The molecule has 5 aromatic carbocycles. The monoisotopic (exact) mass is 523 g/mol. The Morgan fingerprint density at radius 1 is 0.561 bits per heavy atom. The molecule has 0 aliphatic carbocycles. The second-order valence-electron chi connectivity index (χ2n) is 10.2. The van der Waals surface area contributed by atoms with Crippen LogP contribution in [-0.2, 0) is 0 Å². The molecule has 0 fully saturated rings. The minimum Gasteiger partial charge on any atom is -0.311 e. The molecule has 0 N–H and O–H groups in total. The first kappa shape index (κ1) is 23.2. The number of hydrogen-bond acceptors (Lipinski definition) is 5. The smallest absolute Gasteiger partial charge is 0.252 e. The predicted octanol–water partition coefficient (Wildman–Crippen LogP) is 6.10. The van der Waals surface area contributed by atoms with E-state index >= 15 is 0 Å². The van der Waals surface area contributed by atoms with Gasteiger partial charge in [-0.1, -0.05) is 91.0 Å². The molecule has 0 saturated heterocycles. The maximum absolute atomic E-state index is 9.96. The predicted molar refractivity (Wildman–Crippen MR) is 166 cm³/mol. The lowest BCUT2D eigenvalue weighted by atomic mass is 9.33. The Morgan fingerprint density at radius 3 is 1.80 bits per heavy atom. The van der Waals surface area contributed by atoms with Crippen molar-refractivity contribution in [3.05, 3.63) is 139 Å². The van der Waals surface area contributed by atoms with Gasteiger partial charge in [-0.05, 0) is 52.8 Å². The zero-order valence-electron chi connectivity index (χ0n) is 22.0. The fourth-order valence-electron chi connectivity index (χ4n) is 6.25. The van der Waals surface area contributed by atoms with Crippen molar-refractivity contribution in [2.45, 2.75) is 0 Å². The second kappa shape index (κ2) is 9.22. The minimum absolute atomic E-state index is 0.0394. The number of benzene rings is 5. The molecule has 0 radical (unpaired) electrons. The molecule has 3 heterocycles. The standard InChI is InChI=1S/C35H22BN5/c37-23-25-22-29(24-12-3-1-4-13-24)39-35(38-25)41-31-19-10-8-17-28(31)36-27-16-7-9-18-30(27)40(26-14-5-2-6-15-26)32-20-11-21-33(41)34(32)36/h1-22H. The summed E-state index contributed by atoms with van der Waals surface area (Å²) in [6, 6.07) is 48.1. The average Bonchev–Trinajstić information content (AvgIpc) is 3.05. The third kappa shape index (κ3) is 3.57. The molecule has 0 spiro atoms. The van der Waals surface area contributed by atoms with Crippen LogP contribution in [0.1, 0.15) is 5.69 Å². The summed E-state index contributed by atoms with van der Waals surface area (Å²) in [5.41, 5.74) is 11.0. The number of rotatable bonds is 3. The molecule has 8 rings (SSSR count). The van der Waals surface area contributed by atoms with Crippen molar-refractivity contribution in [1.82, 2.24) is 9.97 Å². The van der Waals surface area contributed by atoms with Gasteiger partial charge in [0.2, 0.25) is 5.95 Å². The summed E-state index contributed by atoms with van der Waals surface area (Å²) < 4.78 is 0. The zero-order chi connectivity index (χ0) is 27.3. The van der Waals surface area contributed by atoms with Gasteiger partial charge >= 0.3 is 0 Å². The van der Waals surface area contributed by atoms with Gasteiger partial charge in [0.15, 0.2) is 0 Å². The number of nitrogens with zero attached hydrogens (tertiary/aromatic N) is 5. The third-order valence-corrected chi connectivity index (χ3v) is 7.92. The van der Waals surface area contributed by atoms with E-state index in [0.29, 0.717) is 17.3 Å². The summed E-state index contributed by atoms with van der Waals surface area (Å²) in [6.07, 6.45) is 0. The van der Waals surface area contributed by atoms with Gasteiger partial charge in [0, 0.05) is 40.1 Å². The van der Waals surface area contributed by atoms with Crippen LogP contribution in [0.3, 0.4) is 0 Å². The van der Waals surface area contributed by atoms with Crippen LogP contribution in [0.2, 0.25) is 0 Å². The van der Waals surface area contributed by atoms with E-state index in [0.717, 1.165) is 28.3 Å². The molecule has 0 atom stereocenters. The Hall–Kier alpha value is -5.67. The molecule has 190 valence electrons. The fraction of sp³-hybridized carbons (Fsp3) is 0. The molecule has 0 unspecified atom stereocenters. The highest BCUT2D eigenvalue weighted by atomic mass is 15.3. The first-order valence-electron chi connectivity index (χ1n) is 13.6. The highest BCUT2D eigenvalue weighted by molar-refractivity contribution is 7.00. The van der Waals surface area contributed by atoms with Gasteiger partial charge in [-0.25, -0.2) is 9.97 Å². The highest BCUT2D eigenvalue weighted by Crippen LogP contribution is 2.42. The largest absolute Gasteiger partial charge is 0.311 e. The highest BCUT2D eigenvalue weighted by Gasteiger charge is 2.43. The lowest BCUT2D eigenvalue weighted by molar-refractivity contribution is 1.07. The minimum atomic E-state index is 0.0394. The number of anilines is 6. The molecular weight excluding hydrogens is 501 g/mol. The first-order chi connectivity index (χ1) is 20.3. The van der Waals surface area contributed by atoms with E-state index in [9.17, 15) is 5.26 Å². The van der Waals surface area contributed by atoms with Crippen LogP contribution in [-0.4, -0.2) is 16.7 Å². The maximum Gasteiger partial charge on any atom is 0.252 e. The molecule has 5 nitrogen and oxygen atoms in total. The van der Waals surface area contributed by atoms with Crippen molar-refractivity contribution in [2.75, 3.05) is 9.80 Å². The number of hydrogen-bond donors (Lipinski definition) is 0. The van der Waals surface area contributed by atoms with Crippen molar-refractivity contribution in [3.8, 4) is 17.3 Å². The van der Waals surface area contributed by atoms with E-state index in [2.05, 4.69) is 107 Å². The van der Waals surface area contributed by atoms with Crippen molar-refractivity contribution in [2.24, 2.45) is 0 Å². The zero-order valence-corrected chi connectivity index (χ0v) is 22.0. The van der Waals surface area contributed by atoms with Crippen LogP contribution in [0.5, 0.6) is 0 Å². The lowest BCUT2D eigenvalue weighted by Crippen LogP contribution is -2.61. The summed E-state index contributed by atoms with van der Waals surface area (Å²) in [5, 5.41) is 9.96. The van der Waals surface area contributed by atoms with Gasteiger partial charge in [0.05, 0.1) is 5.69 Å². The molecule has 1 aromatic heterocycles. The third-order valence-electron chi connectivity index (χ3n) is 7.92. The number of nitriles is 1. The molecule has 0 amide bonds. The van der Waals surface area contributed by atoms with E-state index in [1.54, 1.807) is 6.07 Å². The van der Waals surface area contributed by atoms with E-state index < -0.39 is 0 Å². The van der Waals surface area contributed by atoms with Gasteiger partial charge < -0.3 is 4.90 Å². The van der Waals surface area contributed by atoms with Gasteiger partial charge in [-0.15, -0.1) is 0 Å². The Balaban J connectivity index is 1.42. The van der Waals surface area contributed by atoms with E-state index in [1.165, 1.54) is 22.1 Å². The first-order valence-corrected chi connectivity index (χ1v) is 13.6. The molecule has 0 saturated carbocycles. The molecule has 6 aromatic rings. The Labute approximate surface area is 238 Å². The van der Waals surface area contributed by atoms with E-state index in [4.69, 9.17) is 9.97 Å². The van der Waals surface area contributed by atoms with Crippen molar-refractivity contribution in [3.63, 3.8) is 0 Å². The Kier molecular flexibility index (Phi) is 5.23.